The fourth-order valence-corrected chi connectivity index (χ4v) is 5.44. The van der Waals surface area contributed by atoms with Crippen molar-refractivity contribution in [1.82, 2.24) is 0 Å². The van der Waals surface area contributed by atoms with E-state index in [0.29, 0.717) is 12.8 Å². The molecule has 260 valence electrons. The van der Waals surface area contributed by atoms with Gasteiger partial charge in [0.1, 0.15) is 0 Å². The molecular formula is C41H72O4. The van der Waals surface area contributed by atoms with Crippen LogP contribution in [0.15, 0.2) is 48.6 Å². The van der Waals surface area contributed by atoms with E-state index in [9.17, 15) is 9.59 Å². The standard InChI is InChI=1S/C41H72O4/c1-3-4-5-6-7-8-9-10-11-12-13-14-15-16-17-18-23-26-29-32-35-38-41(44)45-39(2)36-33-30-27-24-21-19-20-22-25-28-31-34-37-40(42)43/h7-8,10-11,13-14,16-17,39H,3-6,9,12,15,18-38H2,1-2H3,(H,42,43)/b8-7-,11-10-,14-13-,17-16-. The molecule has 0 fully saturated rings. The molecule has 0 bridgehead atoms. The highest BCUT2D eigenvalue weighted by atomic mass is 16.5. The summed E-state index contributed by atoms with van der Waals surface area (Å²) >= 11 is 0. The van der Waals surface area contributed by atoms with E-state index in [1.165, 1.54) is 103 Å². The Morgan fingerprint density at radius 1 is 0.511 bits per heavy atom. The molecule has 0 aromatic rings. The van der Waals surface area contributed by atoms with Crippen LogP contribution in [0, 0.1) is 0 Å². The normalized spacial score (nSPS) is 12.8. The first kappa shape index (κ1) is 42.9. The average Bonchev–Trinajstić information content (AvgIpc) is 3.01. The van der Waals surface area contributed by atoms with Gasteiger partial charge in [0.15, 0.2) is 0 Å². The summed E-state index contributed by atoms with van der Waals surface area (Å²) in [6.45, 7) is 4.29. The van der Waals surface area contributed by atoms with Crippen molar-refractivity contribution in [1.29, 1.82) is 0 Å². The average molecular weight is 629 g/mol. The van der Waals surface area contributed by atoms with E-state index in [4.69, 9.17) is 9.84 Å². The van der Waals surface area contributed by atoms with Crippen molar-refractivity contribution in [3.63, 3.8) is 0 Å². The Labute approximate surface area is 279 Å². The molecule has 0 heterocycles. The van der Waals surface area contributed by atoms with Gasteiger partial charge in [0, 0.05) is 12.8 Å². The summed E-state index contributed by atoms with van der Waals surface area (Å²) in [5.74, 6) is -0.697. The predicted octanol–water partition coefficient (Wildman–Crippen LogP) is 13.2. The summed E-state index contributed by atoms with van der Waals surface area (Å²) in [7, 11) is 0. The minimum Gasteiger partial charge on any atom is -0.481 e. The van der Waals surface area contributed by atoms with Crippen LogP contribution >= 0.6 is 0 Å². The molecule has 0 rings (SSSR count). The van der Waals surface area contributed by atoms with Crippen LogP contribution in [-0.4, -0.2) is 23.1 Å². The number of unbranched alkanes of at least 4 members (excludes halogenated alkanes) is 19. The molecule has 0 aliphatic heterocycles. The maximum atomic E-state index is 12.1. The van der Waals surface area contributed by atoms with Crippen LogP contribution < -0.4 is 0 Å². The summed E-state index contributed by atoms with van der Waals surface area (Å²) in [6.07, 6.45) is 49.7. The largest absolute Gasteiger partial charge is 0.481 e. The van der Waals surface area contributed by atoms with E-state index in [2.05, 4.69) is 55.5 Å². The third kappa shape index (κ3) is 38.0. The van der Waals surface area contributed by atoms with Gasteiger partial charge in [-0.2, -0.15) is 0 Å². The topological polar surface area (TPSA) is 63.6 Å². The van der Waals surface area contributed by atoms with E-state index >= 15 is 0 Å². The van der Waals surface area contributed by atoms with Crippen LogP contribution in [0.1, 0.15) is 194 Å². The zero-order valence-corrected chi connectivity index (χ0v) is 29.7. The second-order valence-corrected chi connectivity index (χ2v) is 12.9. The number of carboxylic acid groups (broad SMARTS) is 1. The number of allylic oxidation sites excluding steroid dienone is 8. The zero-order valence-electron chi connectivity index (χ0n) is 29.7. The number of carboxylic acids is 1. The number of esters is 1. The van der Waals surface area contributed by atoms with Gasteiger partial charge in [0.05, 0.1) is 6.10 Å². The number of ether oxygens (including phenoxy) is 1. The minimum absolute atomic E-state index is 0.0227. The maximum absolute atomic E-state index is 12.1. The fraction of sp³-hybridized carbons (Fsp3) is 0.756. The van der Waals surface area contributed by atoms with Gasteiger partial charge in [-0.15, -0.1) is 0 Å². The van der Waals surface area contributed by atoms with E-state index in [1.807, 2.05) is 6.92 Å². The molecule has 0 saturated carbocycles. The lowest BCUT2D eigenvalue weighted by atomic mass is 10.0. The number of hydrogen-bond donors (Lipinski definition) is 1. The van der Waals surface area contributed by atoms with Crippen LogP contribution in [0.4, 0.5) is 0 Å². The molecule has 4 heteroatoms. The molecule has 0 aromatic carbocycles. The molecule has 0 aliphatic carbocycles. The highest BCUT2D eigenvalue weighted by Gasteiger charge is 2.09. The molecule has 1 N–H and O–H groups in total. The highest BCUT2D eigenvalue weighted by molar-refractivity contribution is 5.69. The molecule has 1 unspecified atom stereocenters. The molecule has 0 spiro atoms. The van der Waals surface area contributed by atoms with Gasteiger partial charge < -0.3 is 9.84 Å². The lowest BCUT2D eigenvalue weighted by Crippen LogP contribution is -2.14. The van der Waals surface area contributed by atoms with Gasteiger partial charge in [-0.05, 0) is 77.6 Å². The molecule has 1 atom stereocenters. The molecule has 0 radical (unpaired) electrons. The van der Waals surface area contributed by atoms with E-state index in [-0.39, 0.29) is 12.1 Å². The Balaban J connectivity index is 3.42. The van der Waals surface area contributed by atoms with Crippen molar-refractivity contribution in [2.45, 2.75) is 200 Å². The molecule has 0 amide bonds. The van der Waals surface area contributed by atoms with Crippen LogP contribution in [0.3, 0.4) is 0 Å². The Hall–Kier alpha value is -2.10. The summed E-state index contributed by atoms with van der Waals surface area (Å²) < 4.78 is 5.62. The minimum atomic E-state index is -0.674. The molecule has 45 heavy (non-hydrogen) atoms. The fourth-order valence-electron chi connectivity index (χ4n) is 5.44. The van der Waals surface area contributed by atoms with Crippen molar-refractivity contribution in [2.75, 3.05) is 0 Å². The smallest absolute Gasteiger partial charge is 0.306 e. The maximum Gasteiger partial charge on any atom is 0.306 e. The molecule has 0 saturated heterocycles. The number of rotatable bonds is 34. The summed E-state index contributed by atoms with van der Waals surface area (Å²) in [6, 6.07) is 0. The SMILES string of the molecule is CCCCC/C=C\C/C=C\C/C=C\C/C=C\CCCCCCCC(=O)OC(C)CCCCCCCCCCCCCCC(=O)O. The van der Waals surface area contributed by atoms with Gasteiger partial charge in [-0.25, -0.2) is 0 Å². The number of carbonyl (C=O) groups excluding carboxylic acids is 1. The van der Waals surface area contributed by atoms with Gasteiger partial charge in [0.2, 0.25) is 0 Å². The highest BCUT2D eigenvalue weighted by Crippen LogP contribution is 2.15. The number of hydrogen-bond acceptors (Lipinski definition) is 3. The van der Waals surface area contributed by atoms with Gasteiger partial charge in [-0.1, -0.05) is 152 Å². The molecule has 0 aromatic heterocycles. The zero-order chi connectivity index (χ0) is 32.9. The number of carbonyl (C=O) groups is 2. The Kier molecular flexibility index (Phi) is 34.7. The predicted molar refractivity (Wildman–Crippen MR) is 195 cm³/mol. The quantitative estimate of drug-likeness (QED) is 0.0437. The lowest BCUT2D eigenvalue weighted by Gasteiger charge is -2.13. The first-order chi connectivity index (χ1) is 22.1. The van der Waals surface area contributed by atoms with Gasteiger partial charge >= 0.3 is 11.9 Å². The Morgan fingerprint density at radius 2 is 0.889 bits per heavy atom. The second kappa shape index (κ2) is 36.4. The summed E-state index contributed by atoms with van der Waals surface area (Å²) in [5, 5.41) is 8.64. The van der Waals surface area contributed by atoms with Crippen LogP contribution in [0.5, 0.6) is 0 Å². The lowest BCUT2D eigenvalue weighted by molar-refractivity contribution is -0.148. The number of aliphatic carboxylic acids is 1. The summed E-state index contributed by atoms with van der Waals surface area (Å²) in [5.41, 5.74) is 0. The molecule has 4 nitrogen and oxygen atoms in total. The third-order valence-electron chi connectivity index (χ3n) is 8.29. The van der Waals surface area contributed by atoms with Crippen molar-refractivity contribution in [3.8, 4) is 0 Å². The third-order valence-corrected chi connectivity index (χ3v) is 8.29. The van der Waals surface area contributed by atoms with Gasteiger partial charge in [0.25, 0.3) is 0 Å². The van der Waals surface area contributed by atoms with E-state index < -0.39 is 5.97 Å². The molecule has 0 aliphatic rings. The molecular weight excluding hydrogens is 556 g/mol. The van der Waals surface area contributed by atoms with Crippen LogP contribution in [0.25, 0.3) is 0 Å². The first-order valence-electron chi connectivity index (χ1n) is 19.1. The first-order valence-corrected chi connectivity index (χ1v) is 19.1. The Bertz CT molecular complexity index is 763. The summed E-state index contributed by atoms with van der Waals surface area (Å²) in [4.78, 5) is 22.6. The van der Waals surface area contributed by atoms with Crippen LogP contribution in [-0.2, 0) is 14.3 Å². The van der Waals surface area contributed by atoms with Crippen molar-refractivity contribution in [3.05, 3.63) is 48.6 Å². The van der Waals surface area contributed by atoms with Crippen molar-refractivity contribution < 1.29 is 19.4 Å². The van der Waals surface area contributed by atoms with Crippen LogP contribution in [0.2, 0.25) is 0 Å². The van der Waals surface area contributed by atoms with Crippen molar-refractivity contribution in [2.24, 2.45) is 0 Å². The van der Waals surface area contributed by atoms with E-state index in [0.717, 1.165) is 64.2 Å². The van der Waals surface area contributed by atoms with Crippen molar-refractivity contribution >= 4 is 11.9 Å². The Morgan fingerprint density at radius 3 is 1.36 bits per heavy atom. The monoisotopic (exact) mass is 629 g/mol. The second-order valence-electron chi connectivity index (χ2n) is 12.9. The van der Waals surface area contributed by atoms with E-state index in [1.54, 1.807) is 0 Å². The van der Waals surface area contributed by atoms with Gasteiger partial charge in [-0.3, -0.25) is 9.59 Å².